The van der Waals surface area contributed by atoms with E-state index in [0.717, 1.165) is 16.7 Å². The number of imide groups is 1. The zero-order valence-electron chi connectivity index (χ0n) is 14.3. The van der Waals surface area contributed by atoms with Crippen molar-refractivity contribution >= 4 is 40.4 Å². The monoisotopic (exact) mass is 392 g/mol. The molecule has 1 saturated heterocycles. The van der Waals surface area contributed by atoms with Crippen LogP contribution in [0.1, 0.15) is 5.76 Å². The molecule has 0 aliphatic carbocycles. The molecule has 2 aromatic carbocycles. The van der Waals surface area contributed by atoms with Gasteiger partial charge in [-0.2, -0.15) is 0 Å². The van der Waals surface area contributed by atoms with E-state index < -0.39 is 10.8 Å². The van der Waals surface area contributed by atoms with Crippen LogP contribution in [0.4, 0.5) is 16.2 Å². The lowest BCUT2D eigenvalue weighted by molar-refractivity contribution is -0.384. The van der Waals surface area contributed by atoms with E-state index in [9.17, 15) is 19.7 Å². The summed E-state index contributed by atoms with van der Waals surface area (Å²) >= 11 is 0.845. The number of furan rings is 1. The molecule has 4 rings (SSSR count). The van der Waals surface area contributed by atoms with Crippen LogP contribution in [0.25, 0.3) is 17.4 Å². The van der Waals surface area contributed by atoms with Crippen molar-refractivity contribution in [3.63, 3.8) is 0 Å². The number of nitrogens with zero attached hydrogens (tertiary/aromatic N) is 2. The normalized spacial score (nSPS) is 15.4. The lowest BCUT2D eigenvalue weighted by atomic mass is 10.1. The number of thioether (sulfide) groups is 1. The number of hydrogen-bond acceptors (Lipinski definition) is 6. The maximum atomic E-state index is 12.6. The van der Waals surface area contributed by atoms with Crippen LogP contribution in [0.15, 0.2) is 76.1 Å². The van der Waals surface area contributed by atoms with Gasteiger partial charge in [-0.15, -0.1) is 0 Å². The fourth-order valence-electron chi connectivity index (χ4n) is 2.73. The van der Waals surface area contributed by atoms with E-state index in [0.29, 0.717) is 22.8 Å². The van der Waals surface area contributed by atoms with Gasteiger partial charge in [0.2, 0.25) is 0 Å². The molecular formula is C20H12N2O5S. The maximum absolute atomic E-state index is 12.6. The van der Waals surface area contributed by atoms with Crippen molar-refractivity contribution in [2.75, 3.05) is 4.90 Å². The number of rotatable bonds is 4. The minimum atomic E-state index is -0.472. The number of carbonyl (C=O) groups is 2. The Balaban J connectivity index is 1.58. The Hall–Kier alpha value is -3.65. The molecule has 1 fully saturated rings. The number of nitro groups is 1. The van der Waals surface area contributed by atoms with Gasteiger partial charge in [0.25, 0.3) is 16.8 Å². The van der Waals surface area contributed by atoms with Crippen LogP contribution >= 0.6 is 11.8 Å². The number of non-ortho nitro benzene ring substituents is 1. The molecule has 2 heterocycles. The van der Waals surface area contributed by atoms with E-state index in [1.165, 1.54) is 18.2 Å². The minimum absolute atomic E-state index is 0.00915. The summed E-state index contributed by atoms with van der Waals surface area (Å²) < 4.78 is 5.71. The Morgan fingerprint density at radius 3 is 2.36 bits per heavy atom. The van der Waals surface area contributed by atoms with Crippen molar-refractivity contribution in [1.82, 2.24) is 0 Å². The van der Waals surface area contributed by atoms with Crippen molar-refractivity contribution < 1.29 is 18.9 Å². The van der Waals surface area contributed by atoms with E-state index in [1.54, 1.807) is 54.6 Å². The van der Waals surface area contributed by atoms with Crippen LogP contribution in [0, 0.1) is 10.1 Å². The van der Waals surface area contributed by atoms with Crippen LogP contribution in [0.5, 0.6) is 0 Å². The van der Waals surface area contributed by atoms with Crippen LogP contribution in [-0.2, 0) is 4.79 Å². The lowest BCUT2D eigenvalue weighted by Crippen LogP contribution is -2.27. The van der Waals surface area contributed by atoms with Crippen LogP contribution < -0.4 is 4.90 Å². The zero-order chi connectivity index (χ0) is 19.7. The van der Waals surface area contributed by atoms with Gasteiger partial charge in [-0.25, -0.2) is 4.90 Å². The average molecular weight is 392 g/mol. The first kappa shape index (κ1) is 17.7. The molecule has 2 amide bonds. The Kier molecular flexibility index (Phi) is 4.54. The maximum Gasteiger partial charge on any atom is 0.298 e. The average Bonchev–Trinajstić information content (AvgIpc) is 3.27. The van der Waals surface area contributed by atoms with Crippen molar-refractivity contribution in [1.29, 1.82) is 0 Å². The molecule has 0 spiro atoms. The Bertz CT molecular complexity index is 1100. The van der Waals surface area contributed by atoms with Crippen LogP contribution in [0.2, 0.25) is 0 Å². The van der Waals surface area contributed by atoms with E-state index in [-0.39, 0.29) is 15.8 Å². The first-order chi connectivity index (χ1) is 13.5. The zero-order valence-corrected chi connectivity index (χ0v) is 15.1. The number of hydrogen-bond donors (Lipinski definition) is 0. The fraction of sp³-hybridized carbons (Fsp3) is 0. The third-order valence-corrected chi connectivity index (χ3v) is 4.94. The quantitative estimate of drug-likeness (QED) is 0.348. The van der Waals surface area contributed by atoms with Crippen molar-refractivity contribution in [3.8, 4) is 11.3 Å². The van der Waals surface area contributed by atoms with Gasteiger partial charge in [0.1, 0.15) is 11.5 Å². The molecule has 8 heteroatoms. The first-order valence-electron chi connectivity index (χ1n) is 8.20. The lowest BCUT2D eigenvalue weighted by Gasteiger charge is -2.11. The molecule has 28 heavy (non-hydrogen) atoms. The summed E-state index contributed by atoms with van der Waals surface area (Å²) in [5.74, 6) is 0.504. The number of amides is 2. The highest BCUT2D eigenvalue weighted by atomic mass is 32.2. The predicted molar refractivity (Wildman–Crippen MR) is 106 cm³/mol. The molecule has 0 atom stereocenters. The molecule has 7 nitrogen and oxygen atoms in total. The highest BCUT2D eigenvalue weighted by Crippen LogP contribution is 2.36. The van der Waals surface area contributed by atoms with E-state index >= 15 is 0 Å². The van der Waals surface area contributed by atoms with Gasteiger partial charge in [0.15, 0.2) is 0 Å². The highest BCUT2D eigenvalue weighted by molar-refractivity contribution is 8.19. The van der Waals surface area contributed by atoms with E-state index in [2.05, 4.69) is 0 Å². The smallest absolute Gasteiger partial charge is 0.298 e. The highest BCUT2D eigenvalue weighted by Gasteiger charge is 2.36. The molecule has 3 aromatic rings. The third kappa shape index (κ3) is 3.33. The van der Waals surface area contributed by atoms with E-state index in [4.69, 9.17) is 4.42 Å². The molecule has 0 N–H and O–H groups in total. The SMILES string of the molecule is O=C1SC(=Cc2ccc(-c3ccc([N+](=O)[O-])cc3)o2)C(=O)N1c1ccccc1. The van der Waals surface area contributed by atoms with Gasteiger partial charge in [-0.3, -0.25) is 19.7 Å². The predicted octanol–water partition coefficient (Wildman–Crippen LogP) is 5.10. The second-order valence-corrected chi connectivity index (χ2v) is 6.85. The minimum Gasteiger partial charge on any atom is -0.457 e. The van der Waals surface area contributed by atoms with Crippen LogP contribution in [-0.4, -0.2) is 16.1 Å². The van der Waals surface area contributed by atoms with Gasteiger partial charge in [-0.05, 0) is 48.2 Å². The molecule has 0 saturated carbocycles. The van der Waals surface area contributed by atoms with E-state index in [1.807, 2.05) is 0 Å². The molecule has 0 unspecified atom stereocenters. The summed E-state index contributed by atoms with van der Waals surface area (Å²) in [7, 11) is 0. The topological polar surface area (TPSA) is 93.7 Å². The molecule has 138 valence electrons. The Morgan fingerprint density at radius 2 is 1.68 bits per heavy atom. The summed E-state index contributed by atoms with van der Waals surface area (Å²) in [5.41, 5.74) is 1.17. The summed E-state index contributed by atoms with van der Waals surface area (Å²) in [6.45, 7) is 0. The van der Waals surface area contributed by atoms with Gasteiger partial charge in [0, 0.05) is 23.8 Å². The standard InChI is InChI=1S/C20H12N2O5S/c23-19-18(28-20(24)21(19)14-4-2-1-3-5-14)12-16-10-11-17(27-16)13-6-8-15(9-7-13)22(25)26/h1-12H. The van der Waals surface area contributed by atoms with Gasteiger partial charge >= 0.3 is 0 Å². The Labute approximate surface area is 163 Å². The van der Waals surface area contributed by atoms with Gasteiger partial charge in [-0.1, -0.05) is 18.2 Å². The summed E-state index contributed by atoms with van der Waals surface area (Å²) in [6.07, 6.45) is 1.52. The second-order valence-electron chi connectivity index (χ2n) is 5.86. The molecule has 0 radical (unpaired) electrons. The summed E-state index contributed by atoms with van der Waals surface area (Å²) in [4.78, 5) is 36.5. The number of para-hydroxylation sites is 1. The molecule has 1 aliphatic rings. The number of anilines is 1. The largest absolute Gasteiger partial charge is 0.457 e. The second kappa shape index (κ2) is 7.16. The van der Waals surface area contributed by atoms with Gasteiger partial charge in [0.05, 0.1) is 15.5 Å². The fourth-order valence-corrected chi connectivity index (χ4v) is 3.55. The number of nitro benzene ring substituents is 1. The number of benzene rings is 2. The van der Waals surface area contributed by atoms with Crippen molar-refractivity contribution in [2.45, 2.75) is 0 Å². The number of carbonyl (C=O) groups excluding carboxylic acids is 2. The molecule has 1 aliphatic heterocycles. The summed E-state index contributed by atoms with van der Waals surface area (Å²) in [5, 5.41) is 10.4. The van der Waals surface area contributed by atoms with Crippen LogP contribution in [0.3, 0.4) is 0 Å². The van der Waals surface area contributed by atoms with Crippen molar-refractivity contribution in [3.05, 3.63) is 87.5 Å². The molecule has 0 bridgehead atoms. The van der Waals surface area contributed by atoms with Crippen molar-refractivity contribution in [2.24, 2.45) is 0 Å². The molecule has 1 aromatic heterocycles. The van der Waals surface area contributed by atoms with Gasteiger partial charge < -0.3 is 4.42 Å². The third-order valence-electron chi connectivity index (χ3n) is 4.07. The Morgan fingerprint density at radius 1 is 0.964 bits per heavy atom. The summed E-state index contributed by atoms with van der Waals surface area (Å²) in [6, 6.07) is 18.0. The molecular weight excluding hydrogens is 380 g/mol. The first-order valence-corrected chi connectivity index (χ1v) is 9.02.